The van der Waals surface area contributed by atoms with Crippen molar-refractivity contribution in [1.29, 1.82) is 0 Å². The van der Waals surface area contributed by atoms with Crippen molar-refractivity contribution in [3.05, 3.63) is 35.9 Å². The number of fused-ring (bicyclic) bond motifs is 2. The second-order valence-electron chi connectivity index (χ2n) is 9.85. The fourth-order valence-corrected chi connectivity index (χ4v) is 6.11. The lowest BCUT2D eigenvalue weighted by Crippen LogP contribution is -2.70. The van der Waals surface area contributed by atoms with E-state index in [2.05, 4.69) is 19.2 Å². The third-order valence-electron chi connectivity index (χ3n) is 7.82. The summed E-state index contributed by atoms with van der Waals surface area (Å²) in [6.45, 7) is 6.45. The van der Waals surface area contributed by atoms with Gasteiger partial charge in [-0.3, -0.25) is 4.79 Å². The van der Waals surface area contributed by atoms with Crippen LogP contribution >= 0.6 is 0 Å². The van der Waals surface area contributed by atoms with E-state index < -0.39 is 24.0 Å². The highest BCUT2D eigenvalue weighted by Crippen LogP contribution is 2.60. The number of nitrogens with one attached hydrogen (secondary N) is 1. The summed E-state index contributed by atoms with van der Waals surface area (Å²) in [6, 6.07) is 9.67. The highest BCUT2D eigenvalue weighted by Gasteiger charge is 2.69. The van der Waals surface area contributed by atoms with Gasteiger partial charge < -0.3 is 19.5 Å². The Hall–Kier alpha value is -1.51. The van der Waals surface area contributed by atoms with Crippen LogP contribution in [-0.2, 0) is 35.2 Å². The zero-order valence-electron chi connectivity index (χ0n) is 18.5. The molecule has 1 aromatic carbocycles. The molecule has 4 aliphatic heterocycles. The van der Waals surface area contributed by atoms with Crippen molar-refractivity contribution in [2.45, 2.75) is 76.8 Å². The standard InChI is InChI=1S/C24H33NO6/c1-15-9-10-19-16(2)21(27-14-25-20(26)13-17-7-5-4-6-8-17)28-22-24(19)18(15)11-12-23(3,29-22)30-31-24/h4-8,15-16,18-19,21-22H,9-14H2,1-3H3,(H,25,26)/t15-,16-,18+,19+,21+,22-,23-,24-/m1/s1. The van der Waals surface area contributed by atoms with Crippen LogP contribution in [0.15, 0.2) is 30.3 Å². The lowest BCUT2D eigenvalue weighted by atomic mass is 9.58. The summed E-state index contributed by atoms with van der Waals surface area (Å²) in [5, 5.41) is 2.85. The van der Waals surface area contributed by atoms with Crippen LogP contribution in [0.5, 0.6) is 0 Å². The molecule has 170 valence electrons. The summed E-state index contributed by atoms with van der Waals surface area (Å²) in [7, 11) is 0. The van der Waals surface area contributed by atoms with Crippen LogP contribution in [0.25, 0.3) is 0 Å². The molecule has 4 saturated heterocycles. The van der Waals surface area contributed by atoms with Crippen molar-refractivity contribution in [2.75, 3.05) is 6.73 Å². The van der Waals surface area contributed by atoms with E-state index in [0.29, 0.717) is 18.3 Å². The first-order chi connectivity index (χ1) is 14.9. The molecule has 1 spiro atoms. The van der Waals surface area contributed by atoms with Crippen LogP contribution in [0.1, 0.15) is 52.0 Å². The Balaban J connectivity index is 1.26. The quantitative estimate of drug-likeness (QED) is 0.568. The monoisotopic (exact) mass is 431 g/mol. The molecule has 7 nitrogen and oxygen atoms in total. The Morgan fingerprint density at radius 1 is 1.13 bits per heavy atom. The number of benzene rings is 1. The molecule has 5 fully saturated rings. The van der Waals surface area contributed by atoms with Gasteiger partial charge >= 0.3 is 0 Å². The maximum atomic E-state index is 12.3. The van der Waals surface area contributed by atoms with Gasteiger partial charge in [-0.2, -0.15) is 0 Å². The van der Waals surface area contributed by atoms with Crippen LogP contribution in [0.3, 0.4) is 0 Å². The number of rotatable bonds is 5. The van der Waals surface area contributed by atoms with Crippen LogP contribution in [0, 0.1) is 23.7 Å². The Kier molecular flexibility index (Phi) is 5.59. The average Bonchev–Trinajstić information content (AvgIpc) is 2.98. The molecule has 4 heterocycles. The lowest BCUT2D eigenvalue weighted by Gasteiger charge is -2.60. The van der Waals surface area contributed by atoms with Crippen molar-refractivity contribution in [3.63, 3.8) is 0 Å². The molecule has 1 saturated carbocycles. The van der Waals surface area contributed by atoms with E-state index in [4.69, 9.17) is 24.0 Å². The van der Waals surface area contributed by atoms with Gasteiger partial charge in [0.05, 0.1) is 6.42 Å². The minimum Gasteiger partial charge on any atom is -0.333 e. The lowest BCUT2D eigenvalue weighted by molar-refractivity contribution is -0.577. The molecule has 1 aromatic rings. The average molecular weight is 432 g/mol. The second kappa shape index (κ2) is 8.12. The Bertz CT molecular complexity index is 805. The SMILES string of the molecule is C[C@H]1[C@@H](OCNC(=O)Cc2ccccc2)O[C@@H]2O[C@@]3(C)CC[C@H]4[C@H](C)CC[C@@H]1[C@@]24OO3. The number of amides is 1. The maximum Gasteiger partial charge on any atom is 0.226 e. The van der Waals surface area contributed by atoms with Gasteiger partial charge in [0.15, 0.2) is 18.2 Å². The minimum absolute atomic E-state index is 0.0771. The van der Waals surface area contributed by atoms with E-state index in [0.717, 1.165) is 31.2 Å². The highest BCUT2D eigenvalue weighted by molar-refractivity contribution is 5.78. The van der Waals surface area contributed by atoms with Gasteiger partial charge in [0.25, 0.3) is 0 Å². The summed E-state index contributed by atoms with van der Waals surface area (Å²) in [5.41, 5.74) is 0.378. The van der Waals surface area contributed by atoms with Gasteiger partial charge in [-0.1, -0.05) is 44.2 Å². The van der Waals surface area contributed by atoms with Gasteiger partial charge in [0.1, 0.15) is 6.73 Å². The number of hydrogen-bond acceptors (Lipinski definition) is 6. The Labute approximate surface area is 183 Å². The van der Waals surface area contributed by atoms with Gasteiger partial charge in [-0.25, -0.2) is 9.78 Å². The Morgan fingerprint density at radius 2 is 1.94 bits per heavy atom. The van der Waals surface area contributed by atoms with Crippen molar-refractivity contribution in [1.82, 2.24) is 5.32 Å². The summed E-state index contributed by atoms with van der Waals surface area (Å²) in [6.07, 6.45) is 3.27. The summed E-state index contributed by atoms with van der Waals surface area (Å²) < 4.78 is 18.7. The number of carbonyl (C=O) groups is 1. The number of hydrogen-bond donors (Lipinski definition) is 1. The number of ether oxygens (including phenoxy) is 3. The first kappa shape index (κ1) is 21.3. The third kappa shape index (κ3) is 3.70. The van der Waals surface area contributed by atoms with Crippen molar-refractivity contribution in [2.24, 2.45) is 23.7 Å². The van der Waals surface area contributed by atoms with Crippen LogP contribution in [-0.4, -0.2) is 36.6 Å². The van der Waals surface area contributed by atoms with E-state index >= 15 is 0 Å². The highest BCUT2D eigenvalue weighted by atomic mass is 17.3. The molecule has 0 aromatic heterocycles. The molecule has 6 rings (SSSR count). The van der Waals surface area contributed by atoms with Crippen LogP contribution in [0.4, 0.5) is 0 Å². The van der Waals surface area contributed by atoms with Crippen LogP contribution in [0.2, 0.25) is 0 Å². The molecule has 1 N–H and O–H groups in total. The first-order valence-corrected chi connectivity index (χ1v) is 11.5. The predicted molar refractivity (Wildman–Crippen MR) is 111 cm³/mol. The smallest absolute Gasteiger partial charge is 0.226 e. The summed E-state index contributed by atoms with van der Waals surface area (Å²) in [5.74, 6) is 0.275. The van der Waals surface area contributed by atoms with E-state index in [1.165, 1.54) is 0 Å². The largest absolute Gasteiger partial charge is 0.333 e. The molecule has 1 aliphatic carbocycles. The maximum absolute atomic E-state index is 12.3. The Morgan fingerprint density at radius 3 is 2.74 bits per heavy atom. The first-order valence-electron chi connectivity index (χ1n) is 11.5. The van der Waals surface area contributed by atoms with Crippen LogP contribution < -0.4 is 5.32 Å². The molecule has 5 aliphatic rings. The third-order valence-corrected chi connectivity index (χ3v) is 7.82. The fourth-order valence-electron chi connectivity index (χ4n) is 6.11. The van der Waals surface area contributed by atoms with Gasteiger partial charge in [0, 0.05) is 18.3 Å². The van der Waals surface area contributed by atoms with Crippen molar-refractivity contribution < 1.29 is 28.8 Å². The van der Waals surface area contributed by atoms with E-state index in [-0.39, 0.29) is 24.5 Å². The molecular formula is C24H33NO6. The molecular weight excluding hydrogens is 398 g/mol. The molecule has 31 heavy (non-hydrogen) atoms. The van der Waals surface area contributed by atoms with Gasteiger partial charge in [-0.15, -0.1) is 0 Å². The van der Waals surface area contributed by atoms with Crippen molar-refractivity contribution >= 4 is 5.91 Å². The van der Waals surface area contributed by atoms with Crippen molar-refractivity contribution in [3.8, 4) is 0 Å². The zero-order chi connectivity index (χ0) is 21.6. The van der Waals surface area contributed by atoms with Gasteiger partial charge in [-0.05, 0) is 43.6 Å². The topological polar surface area (TPSA) is 75.3 Å². The zero-order valence-corrected chi connectivity index (χ0v) is 18.5. The molecule has 0 radical (unpaired) electrons. The predicted octanol–water partition coefficient (Wildman–Crippen LogP) is 3.53. The second-order valence-corrected chi connectivity index (χ2v) is 9.85. The molecule has 1 amide bonds. The van der Waals surface area contributed by atoms with Gasteiger partial charge in [0.2, 0.25) is 11.7 Å². The summed E-state index contributed by atoms with van der Waals surface area (Å²) >= 11 is 0. The fraction of sp³-hybridized carbons (Fsp3) is 0.708. The molecule has 8 atom stereocenters. The molecule has 7 heteroatoms. The summed E-state index contributed by atoms with van der Waals surface area (Å²) in [4.78, 5) is 24.2. The minimum atomic E-state index is -0.799. The van der Waals surface area contributed by atoms with E-state index in [1.54, 1.807) is 0 Å². The van der Waals surface area contributed by atoms with E-state index in [1.807, 2.05) is 37.3 Å². The number of carbonyl (C=O) groups excluding carboxylic acids is 1. The van der Waals surface area contributed by atoms with E-state index in [9.17, 15) is 4.79 Å². The molecule has 0 unspecified atom stereocenters. The normalized spacial score (nSPS) is 43.7. The molecule has 2 bridgehead atoms.